The molecule has 0 bridgehead atoms. The number of rotatable bonds is 10. The first-order chi connectivity index (χ1) is 19.5. The molecule has 204 valence electrons. The Kier molecular flexibility index (Phi) is 7.96. The second-order valence-corrected chi connectivity index (χ2v) is 9.25. The Labute approximate surface area is 233 Å². The second kappa shape index (κ2) is 11.9. The largest absolute Gasteiger partial charge is 0.490 e. The molecular weight excluding hydrogens is 504 g/mol. The van der Waals surface area contributed by atoms with Gasteiger partial charge in [0.15, 0.2) is 11.5 Å². The van der Waals surface area contributed by atoms with Crippen LogP contribution in [0.2, 0.25) is 0 Å². The van der Waals surface area contributed by atoms with Crippen molar-refractivity contribution in [2.24, 2.45) is 7.05 Å². The van der Waals surface area contributed by atoms with Gasteiger partial charge in [-0.3, -0.25) is 9.48 Å². The summed E-state index contributed by atoms with van der Waals surface area (Å²) in [7, 11) is 1.89. The van der Waals surface area contributed by atoms with Crippen molar-refractivity contribution in [1.82, 2.24) is 14.8 Å². The highest BCUT2D eigenvalue weighted by molar-refractivity contribution is 6.13. The Morgan fingerprint density at radius 3 is 2.38 bits per heavy atom. The van der Waals surface area contributed by atoms with Crippen molar-refractivity contribution in [3.63, 3.8) is 0 Å². The fourth-order valence-corrected chi connectivity index (χ4v) is 4.44. The maximum atomic E-state index is 13.4. The number of fused-ring (bicyclic) bond motifs is 1. The summed E-state index contributed by atoms with van der Waals surface area (Å²) >= 11 is 0. The van der Waals surface area contributed by atoms with E-state index in [1.54, 1.807) is 10.9 Å². The zero-order valence-electron chi connectivity index (χ0n) is 23.1. The van der Waals surface area contributed by atoms with Gasteiger partial charge in [0, 0.05) is 29.4 Å². The van der Waals surface area contributed by atoms with E-state index in [0.717, 1.165) is 33.5 Å². The SMILES string of the molecule is CCOc1ccc(COc2ccc(NC(=O)c3cc(-c4cnn(C)c4C)nc4ccccc34)cc2)cc1OCC. The van der Waals surface area contributed by atoms with Gasteiger partial charge >= 0.3 is 0 Å². The fraction of sp³-hybridized carbons (Fsp3) is 0.219. The van der Waals surface area contributed by atoms with Crippen molar-refractivity contribution in [1.29, 1.82) is 0 Å². The molecule has 0 aliphatic carbocycles. The molecule has 5 rings (SSSR count). The standard InChI is InChI=1S/C32H32N4O4/c1-5-38-30-16-11-22(17-31(30)39-6-2)20-40-24-14-12-23(13-15-24)34-32(37)26-18-29(27-19-33-36(4)21(27)3)35-28-10-8-7-9-25(26)28/h7-19H,5-6,20H2,1-4H3,(H,34,37). The first kappa shape index (κ1) is 26.7. The quantitative estimate of drug-likeness (QED) is 0.217. The lowest BCUT2D eigenvalue weighted by molar-refractivity contribution is 0.102. The van der Waals surface area contributed by atoms with Crippen LogP contribution in [-0.2, 0) is 13.7 Å². The second-order valence-electron chi connectivity index (χ2n) is 9.25. The van der Waals surface area contributed by atoms with Gasteiger partial charge in [0.05, 0.1) is 36.2 Å². The van der Waals surface area contributed by atoms with Crippen molar-refractivity contribution in [3.05, 3.63) is 95.8 Å². The maximum Gasteiger partial charge on any atom is 0.256 e. The van der Waals surface area contributed by atoms with E-state index in [9.17, 15) is 4.79 Å². The number of para-hydroxylation sites is 1. The monoisotopic (exact) mass is 536 g/mol. The van der Waals surface area contributed by atoms with E-state index in [4.69, 9.17) is 19.2 Å². The lowest BCUT2D eigenvalue weighted by Crippen LogP contribution is -2.13. The molecule has 8 heteroatoms. The number of carbonyl (C=O) groups excluding carboxylic acids is 1. The van der Waals surface area contributed by atoms with Crippen LogP contribution in [0.4, 0.5) is 5.69 Å². The summed E-state index contributed by atoms with van der Waals surface area (Å²) in [6, 6.07) is 22.6. The summed E-state index contributed by atoms with van der Waals surface area (Å²) in [4.78, 5) is 18.2. The van der Waals surface area contributed by atoms with Crippen LogP contribution in [-0.4, -0.2) is 33.9 Å². The number of aromatic nitrogens is 3. The highest BCUT2D eigenvalue weighted by Crippen LogP contribution is 2.30. The van der Waals surface area contributed by atoms with E-state index in [1.165, 1.54) is 0 Å². The number of pyridine rings is 1. The van der Waals surface area contributed by atoms with Crippen molar-refractivity contribution >= 4 is 22.5 Å². The number of hydrogen-bond donors (Lipinski definition) is 1. The highest BCUT2D eigenvalue weighted by Gasteiger charge is 2.17. The van der Waals surface area contributed by atoms with Crippen LogP contribution in [0.25, 0.3) is 22.2 Å². The van der Waals surface area contributed by atoms with Gasteiger partial charge in [-0.1, -0.05) is 24.3 Å². The molecule has 5 aromatic rings. The third-order valence-corrected chi connectivity index (χ3v) is 6.60. The molecule has 0 unspecified atom stereocenters. The number of nitrogens with zero attached hydrogens (tertiary/aromatic N) is 3. The van der Waals surface area contributed by atoms with Gasteiger partial charge in [0.2, 0.25) is 0 Å². The normalized spacial score (nSPS) is 10.9. The molecule has 1 N–H and O–H groups in total. The molecule has 8 nitrogen and oxygen atoms in total. The van der Waals surface area contributed by atoms with Gasteiger partial charge in [0.25, 0.3) is 5.91 Å². The highest BCUT2D eigenvalue weighted by atomic mass is 16.5. The molecule has 0 aliphatic heterocycles. The smallest absolute Gasteiger partial charge is 0.256 e. The fourth-order valence-electron chi connectivity index (χ4n) is 4.44. The third-order valence-electron chi connectivity index (χ3n) is 6.60. The summed E-state index contributed by atoms with van der Waals surface area (Å²) in [6.07, 6.45) is 1.78. The minimum atomic E-state index is -0.215. The molecule has 2 heterocycles. The molecule has 2 aromatic heterocycles. The average Bonchev–Trinajstić information content (AvgIpc) is 3.31. The molecule has 0 atom stereocenters. The third kappa shape index (κ3) is 5.76. The van der Waals surface area contributed by atoms with Crippen LogP contribution < -0.4 is 19.5 Å². The topological polar surface area (TPSA) is 87.5 Å². The van der Waals surface area contributed by atoms with Gasteiger partial charge in [-0.05, 0) is 74.9 Å². The van der Waals surface area contributed by atoms with Crippen molar-refractivity contribution in [2.75, 3.05) is 18.5 Å². The molecule has 0 fully saturated rings. The summed E-state index contributed by atoms with van der Waals surface area (Å²) in [6.45, 7) is 7.36. The van der Waals surface area contributed by atoms with Gasteiger partial charge in [-0.25, -0.2) is 4.98 Å². The first-order valence-electron chi connectivity index (χ1n) is 13.3. The van der Waals surface area contributed by atoms with Crippen molar-refractivity contribution < 1.29 is 19.0 Å². The number of hydrogen-bond acceptors (Lipinski definition) is 6. The summed E-state index contributed by atoms with van der Waals surface area (Å²) in [5.41, 5.74) is 5.50. The predicted molar refractivity (Wildman–Crippen MR) is 156 cm³/mol. The van der Waals surface area contributed by atoms with Crippen LogP contribution in [0.1, 0.15) is 35.5 Å². The molecule has 0 saturated heterocycles. The Hall–Kier alpha value is -4.85. The molecule has 3 aromatic carbocycles. The number of nitrogens with one attached hydrogen (secondary N) is 1. The van der Waals surface area contributed by atoms with Gasteiger partial charge in [-0.2, -0.15) is 5.10 Å². The Balaban J connectivity index is 1.30. The number of ether oxygens (including phenoxy) is 3. The van der Waals surface area contributed by atoms with Crippen LogP contribution >= 0.6 is 0 Å². The number of amides is 1. The summed E-state index contributed by atoms with van der Waals surface area (Å²) in [5.74, 6) is 1.90. The summed E-state index contributed by atoms with van der Waals surface area (Å²) in [5, 5.41) is 8.13. The van der Waals surface area contributed by atoms with Gasteiger partial charge in [0.1, 0.15) is 12.4 Å². The molecule has 0 saturated carbocycles. The first-order valence-corrected chi connectivity index (χ1v) is 13.3. The van der Waals surface area contributed by atoms with E-state index in [-0.39, 0.29) is 5.91 Å². The lowest BCUT2D eigenvalue weighted by Gasteiger charge is -2.13. The number of carbonyl (C=O) groups is 1. The minimum Gasteiger partial charge on any atom is -0.490 e. The van der Waals surface area contributed by atoms with E-state index < -0.39 is 0 Å². The van der Waals surface area contributed by atoms with E-state index in [1.807, 2.05) is 101 Å². The van der Waals surface area contributed by atoms with Crippen LogP contribution in [0.5, 0.6) is 17.2 Å². The molecular formula is C32H32N4O4. The average molecular weight is 537 g/mol. The van der Waals surface area contributed by atoms with Gasteiger partial charge < -0.3 is 19.5 Å². The van der Waals surface area contributed by atoms with E-state index >= 15 is 0 Å². The Bertz CT molecular complexity index is 1640. The van der Waals surface area contributed by atoms with Crippen molar-refractivity contribution in [3.8, 4) is 28.5 Å². The minimum absolute atomic E-state index is 0.215. The number of benzene rings is 3. The Morgan fingerprint density at radius 2 is 1.65 bits per heavy atom. The van der Waals surface area contributed by atoms with E-state index in [2.05, 4.69) is 10.4 Å². The number of anilines is 1. The molecule has 0 aliphatic rings. The van der Waals surface area contributed by atoms with Crippen molar-refractivity contribution in [2.45, 2.75) is 27.4 Å². The zero-order chi connectivity index (χ0) is 28.1. The Morgan fingerprint density at radius 1 is 0.900 bits per heavy atom. The summed E-state index contributed by atoms with van der Waals surface area (Å²) < 4.78 is 19.1. The lowest BCUT2D eigenvalue weighted by atomic mass is 10.0. The predicted octanol–water partition coefficient (Wildman–Crippen LogP) is 6.57. The molecule has 0 radical (unpaired) electrons. The molecule has 40 heavy (non-hydrogen) atoms. The van der Waals surface area contributed by atoms with E-state index in [0.29, 0.717) is 48.3 Å². The van der Waals surface area contributed by atoms with Gasteiger partial charge in [-0.15, -0.1) is 0 Å². The number of aryl methyl sites for hydroxylation is 1. The van der Waals surface area contributed by atoms with Crippen LogP contribution in [0.3, 0.4) is 0 Å². The molecule has 1 amide bonds. The maximum absolute atomic E-state index is 13.4. The molecule has 0 spiro atoms. The zero-order valence-corrected chi connectivity index (χ0v) is 23.1. The van der Waals surface area contributed by atoms with Crippen LogP contribution in [0, 0.1) is 6.92 Å². The van der Waals surface area contributed by atoms with Crippen LogP contribution in [0.15, 0.2) is 79.0 Å².